The van der Waals surface area contributed by atoms with Gasteiger partial charge in [-0.05, 0) is 32.0 Å². The summed E-state index contributed by atoms with van der Waals surface area (Å²) in [6, 6.07) is 3.21. The number of nitrogens with one attached hydrogen (secondary N) is 2. The van der Waals surface area contributed by atoms with Crippen LogP contribution in [-0.4, -0.2) is 40.1 Å². The van der Waals surface area contributed by atoms with E-state index in [1.165, 1.54) is 13.1 Å². The summed E-state index contributed by atoms with van der Waals surface area (Å²) in [4.78, 5) is 12.7. The van der Waals surface area contributed by atoms with E-state index in [1.54, 1.807) is 6.07 Å². The highest BCUT2D eigenvalue weighted by atomic mass is 35.5. The molecule has 126 valence electrons. The summed E-state index contributed by atoms with van der Waals surface area (Å²) in [5, 5.41) is 2.76. The van der Waals surface area contributed by atoms with Crippen molar-refractivity contribution in [3.8, 4) is 0 Å². The third-order valence-corrected chi connectivity index (χ3v) is 6.26. The molecule has 1 amide bonds. The molecule has 1 aromatic rings. The number of halogens is 1. The van der Waals surface area contributed by atoms with Gasteiger partial charge in [-0.1, -0.05) is 0 Å². The molecule has 10 heteroatoms. The van der Waals surface area contributed by atoms with E-state index >= 15 is 0 Å². The highest BCUT2D eigenvalue weighted by molar-refractivity contribution is 7.91. The number of thiophene rings is 1. The predicted octanol–water partition coefficient (Wildman–Crippen LogP) is 0.201. The van der Waals surface area contributed by atoms with Crippen molar-refractivity contribution < 1.29 is 17.9 Å². The minimum Gasteiger partial charge on any atom is -0.364 e. The summed E-state index contributed by atoms with van der Waals surface area (Å²) < 4.78 is 31.2. The Hall–Kier alpha value is -0.710. The number of nitrogens with two attached hydrogens (primary N) is 1. The molecule has 1 aliphatic rings. The molecule has 1 saturated heterocycles. The van der Waals surface area contributed by atoms with Crippen LogP contribution in [0.15, 0.2) is 16.3 Å². The number of carbonyl (C=O) groups is 1. The zero-order valence-electron chi connectivity index (χ0n) is 12.1. The second kappa shape index (κ2) is 8.23. The number of hydrogen-bond acceptors (Lipinski definition) is 6. The fraction of sp³-hybridized carbons (Fsp3) is 0.583. The summed E-state index contributed by atoms with van der Waals surface area (Å²) in [6.07, 6.45) is 0.948. The third kappa shape index (κ3) is 4.64. The summed E-state index contributed by atoms with van der Waals surface area (Å²) in [6.45, 7) is 0.704. The Morgan fingerprint density at radius 1 is 1.45 bits per heavy atom. The Balaban J connectivity index is 0.00000242. The molecule has 1 aromatic heterocycles. The Kier molecular flexibility index (Phi) is 7.23. The van der Waals surface area contributed by atoms with Crippen LogP contribution < -0.4 is 15.8 Å². The molecule has 1 fully saturated rings. The second-order valence-electron chi connectivity index (χ2n) is 4.71. The van der Waals surface area contributed by atoms with Gasteiger partial charge in [-0.15, -0.1) is 23.7 Å². The summed E-state index contributed by atoms with van der Waals surface area (Å²) in [5.41, 5.74) is 5.50. The SMILES string of the molecule is CNS(=O)(=O)c1ccc(CNC(=O)[C@@H]2CC[C@H](CN)O2)s1.Cl. The summed E-state index contributed by atoms with van der Waals surface area (Å²) in [7, 11) is -2.06. The largest absolute Gasteiger partial charge is 0.364 e. The van der Waals surface area contributed by atoms with Gasteiger partial charge in [-0.3, -0.25) is 4.79 Å². The van der Waals surface area contributed by atoms with Gasteiger partial charge in [0.05, 0.1) is 12.6 Å². The van der Waals surface area contributed by atoms with Crippen molar-refractivity contribution in [3.05, 3.63) is 17.0 Å². The van der Waals surface area contributed by atoms with E-state index in [0.29, 0.717) is 13.0 Å². The normalized spacial score (nSPS) is 21.4. The van der Waals surface area contributed by atoms with Crippen LogP contribution in [0.2, 0.25) is 0 Å². The van der Waals surface area contributed by atoms with Gasteiger partial charge in [0.2, 0.25) is 15.9 Å². The first-order valence-electron chi connectivity index (χ1n) is 6.61. The van der Waals surface area contributed by atoms with Crippen molar-refractivity contribution in [1.29, 1.82) is 0 Å². The van der Waals surface area contributed by atoms with Crippen LogP contribution in [-0.2, 0) is 26.1 Å². The Labute approximate surface area is 140 Å². The van der Waals surface area contributed by atoms with E-state index in [2.05, 4.69) is 10.0 Å². The smallest absolute Gasteiger partial charge is 0.249 e. The molecule has 0 aliphatic carbocycles. The Morgan fingerprint density at radius 3 is 2.77 bits per heavy atom. The fourth-order valence-electron chi connectivity index (χ4n) is 2.06. The van der Waals surface area contributed by atoms with E-state index in [0.717, 1.165) is 22.6 Å². The lowest BCUT2D eigenvalue weighted by atomic mass is 10.2. The topological polar surface area (TPSA) is 111 Å². The van der Waals surface area contributed by atoms with Gasteiger partial charge in [0, 0.05) is 11.4 Å². The van der Waals surface area contributed by atoms with Crippen molar-refractivity contribution >= 4 is 39.7 Å². The minimum atomic E-state index is -3.43. The van der Waals surface area contributed by atoms with E-state index in [-0.39, 0.29) is 35.2 Å². The van der Waals surface area contributed by atoms with Crippen molar-refractivity contribution in [3.63, 3.8) is 0 Å². The lowest BCUT2D eigenvalue weighted by Gasteiger charge is -2.12. The number of amides is 1. The van der Waals surface area contributed by atoms with Gasteiger partial charge < -0.3 is 15.8 Å². The molecule has 2 atom stereocenters. The average Bonchev–Trinajstić information content (AvgIpc) is 3.13. The molecule has 0 bridgehead atoms. The second-order valence-corrected chi connectivity index (χ2v) is 7.99. The van der Waals surface area contributed by atoms with Crippen molar-refractivity contribution in [2.24, 2.45) is 5.73 Å². The van der Waals surface area contributed by atoms with E-state index in [4.69, 9.17) is 10.5 Å². The lowest BCUT2D eigenvalue weighted by Crippen LogP contribution is -2.34. The van der Waals surface area contributed by atoms with Gasteiger partial charge in [-0.25, -0.2) is 13.1 Å². The van der Waals surface area contributed by atoms with Crippen LogP contribution in [0.3, 0.4) is 0 Å². The monoisotopic (exact) mass is 369 g/mol. The molecule has 4 N–H and O–H groups in total. The average molecular weight is 370 g/mol. The van der Waals surface area contributed by atoms with Gasteiger partial charge in [-0.2, -0.15) is 0 Å². The van der Waals surface area contributed by atoms with Crippen LogP contribution >= 0.6 is 23.7 Å². The molecular formula is C12H20ClN3O4S2. The molecule has 2 heterocycles. The van der Waals surface area contributed by atoms with Crippen molar-refractivity contribution in [1.82, 2.24) is 10.0 Å². The van der Waals surface area contributed by atoms with Gasteiger partial charge in [0.1, 0.15) is 10.3 Å². The molecule has 2 rings (SSSR count). The quantitative estimate of drug-likeness (QED) is 0.663. The molecule has 0 unspecified atom stereocenters. The van der Waals surface area contributed by atoms with Crippen LogP contribution in [0.4, 0.5) is 0 Å². The number of carbonyl (C=O) groups excluding carboxylic acids is 1. The number of rotatable bonds is 6. The molecular weight excluding hydrogens is 350 g/mol. The van der Waals surface area contributed by atoms with Crippen LogP contribution in [0.1, 0.15) is 17.7 Å². The molecule has 0 radical (unpaired) electrons. The first-order chi connectivity index (χ1) is 9.96. The third-order valence-electron chi connectivity index (χ3n) is 3.27. The van der Waals surface area contributed by atoms with Crippen LogP contribution in [0, 0.1) is 0 Å². The Bertz CT molecular complexity index is 605. The standard InChI is InChI=1S/C12H19N3O4S2.ClH/c1-14-21(17,18)11-5-3-9(20-11)7-15-12(16)10-4-2-8(6-13)19-10;/h3,5,8,10,14H,2,4,6-7,13H2,1H3,(H,15,16);1H/t8-,10+;/m1./s1. The molecule has 0 aromatic carbocycles. The maximum absolute atomic E-state index is 11.9. The fourth-order valence-corrected chi connectivity index (χ4v) is 4.19. The first-order valence-corrected chi connectivity index (χ1v) is 8.91. The van der Waals surface area contributed by atoms with Gasteiger partial charge in [0.15, 0.2) is 0 Å². The summed E-state index contributed by atoms with van der Waals surface area (Å²) >= 11 is 1.13. The van der Waals surface area contributed by atoms with E-state index < -0.39 is 16.1 Å². The van der Waals surface area contributed by atoms with Gasteiger partial charge >= 0.3 is 0 Å². The highest BCUT2D eigenvalue weighted by Gasteiger charge is 2.29. The number of ether oxygens (including phenoxy) is 1. The van der Waals surface area contributed by atoms with E-state index in [9.17, 15) is 13.2 Å². The zero-order chi connectivity index (χ0) is 15.5. The lowest BCUT2D eigenvalue weighted by molar-refractivity contribution is -0.132. The molecule has 7 nitrogen and oxygen atoms in total. The first kappa shape index (κ1) is 19.3. The maximum Gasteiger partial charge on any atom is 0.249 e. The molecule has 0 saturated carbocycles. The van der Waals surface area contributed by atoms with Crippen molar-refractivity contribution in [2.45, 2.75) is 35.8 Å². The number of sulfonamides is 1. The van der Waals surface area contributed by atoms with Gasteiger partial charge in [0.25, 0.3) is 0 Å². The maximum atomic E-state index is 11.9. The highest BCUT2D eigenvalue weighted by Crippen LogP contribution is 2.22. The number of hydrogen-bond donors (Lipinski definition) is 3. The van der Waals surface area contributed by atoms with Crippen LogP contribution in [0.5, 0.6) is 0 Å². The van der Waals surface area contributed by atoms with Crippen LogP contribution in [0.25, 0.3) is 0 Å². The summed E-state index contributed by atoms with van der Waals surface area (Å²) in [5.74, 6) is -0.183. The Morgan fingerprint density at radius 2 is 2.18 bits per heavy atom. The van der Waals surface area contributed by atoms with Crippen molar-refractivity contribution in [2.75, 3.05) is 13.6 Å². The zero-order valence-corrected chi connectivity index (χ0v) is 14.5. The minimum absolute atomic E-state index is 0. The predicted molar refractivity (Wildman–Crippen MR) is 86.6 cm³/mol. The molecule has 22 heavy (non-hydrogen) atoms. The molecule has 1 aliphatic heterocycles. The molecule has 0 spiro atoms. The van der Waals surface area contributed by atoms with E-state index in [1.807, 2.05) is 0 Å².